The summed E-state index contributed by atoms with van der Waals surface area (Å²) in [6.45, 7) is 2.24. The van der Waals surface area contributed by atoms with Crippen LogP contribution in [0, 0.1) is 0 Å². The van der Waals surface area contributed by atoms with E-state index in [9.17, 15) is 0 Å². The summed E-state index contributed by atoms with van der Waals surface area (Å²) < 4.78 is 1.53. The molecule has 5 heavy (non-hydrogen) atoms. The molecule has 0 fully saturated rings. The van der Waals surface area contributed by atoms with Gasteiger partial charge in [-0.3, -0.25) is 0 Å². The molecule has 0 aromatic heterocycles. The zero-order valence-electron chi connectivity index (χ0n) is 4.12. The molecule has 0 spiro atoms. The van der Waals surface area contributed by atoms with E-state index >= 15 is 0 Å². The summed E-state index contributed by atoms with van der Waals surface area (Å²) in [6.07, 6.45) is 2.86. The molecule has 0 aliphatic heterocycles. The Kier molecular flexibility index (Phi) is 7.48. The van der Waals surface area contributed by atoms with Crippen LogP contribution in [0.3, 0.4) is 0 Å². The number of hydrogen-bond donors (Lipinski definition) is 0. The molecule has 1 heteroatoms. The van der Waals surface area contributed by atoms with Gasteiger partial charge in [0.15, 0.2) is 0 Å². The first kappa shape index (κ1) is 6.64. The molecule has 0 bridgehead atoms. The van der Waals surface area contributed by atoms with Crippen molar-refractivity contribution < 1.29 is 0 Å². The quantitative estimate of drug-likeness (QED) is 0.455. The van der Waals surface area contributed by atoms with Gasteiger partial charge in [0.1, 0.15) is 0 Å². The first-order valence-corrected chi connectivity index (χ1v) is 4.62. The maximum absolute atomic E-state index is 2.24. The van der Waals surface area contributed by atoms with Gasteiger partial charge in [-0.2, -0.15) is 0 Å². The molecule has 0 unspecified atom stereocenters. The Morgan fingerprint density at radius 3 is 2.20 bits per heavy atom. The van der Waals surface area contributed by atoms with Crippen molar-refractivity contribution in [3.8, 4) is 0 Å². The molecule has 0 aromatic carbocycles. The van der Waals surface area contributed by atoms with Gasteiger partial charge in [-0.05, 0) is 0 Å². The van der Waals surface area contributed by atoms with Gasteiger partial charge in [0.05, 0.1) is 0 Å². The van der Waals surface area contributed by atoms with Gasteiger partial charge < -0.3 is 0 Å². The molecule has 0 aromatic rings. The molecule has 0 atom stereocenters. The molecule has 0 heterocycles. The Morgan fingerprint density at radius 1 is 1.60 bits per heavy atom. The van der Waals surface area contributed by atoms with Crippen molar-refractivity contribution in [2.75, 3.05) is 0 Å². The van der Waals surface area contributed by atoms with Gasteiger partial charge in [0.25, 0.3) is 0 Å². The average molecular weight is 96.2 g/mol. The van der Waals surface area contributed by atoms with Crippen LogP contribution in [-0.2, 0) is 0 Å². The molecule has 0 saturated carbocycles. The second-order valence-corrected chi connectivity index (χ2v) is 2.92. The van der Waals surface area contributed by atoms with Crippen molar-refractivity contribution in [3.63, 3.8) is 0 Å². The van der Waals surface area contributed by atoms with E-state index in [0.29, 0.717) is 0 Å². The second kappa shape index (κ2) is 5.64. The van der Waals surface area contributed by atoms with Gasteiger partial charge in [-0.1, -0.05) is 0 Å². The van der Waals surface area contributed by atoms with Gasteiger partial charge in [0, 0.05) is 0 Å². The van der Waals surface area contributed by atoms with Crippen molar-refractivity contribution in [2.45, 2.75) is 20.3 Å². The van der Waals surface area contributed by atoms with E-state index in [-0.39, 0.29) is 0 Å². The van der Waals surface area contributed by atoms with Crippen molar-refractivity contribution in [1.29, 1.82) is 0 Å². The third-order valence-corrected chi connectivity index (χ3v) is 1.81. The standard InChI is InChI=1S/C4H9.K/c1-3-4-2;/h1,3-4H2,2H3;. The van der Waals surface area contributed by atoms with Gasteiger partial charge in [0.2, 0.25) is 0 Å². The third kappa shape index (κ3) is 5.64. The summed E-state index contributed by atoms with van der Waals surface area (Å²) in [4.78, 5) is 0. The van der Waals surface area contributed by atoms with Gasteiger partial charge in [-0.15, -0.1) is 0 Å². The van der Waals surface area contributed by atoms with Crippen LogP contribution < -0.4 is 0 Å². The summed E-state index contributed by atoms with van der Waals surface area (Å²) in [5, 5.41) is 0. The fraction of sp³-hybridized carbons (Fsp3) is 1.00. The normalized spacial score (nSPS) is 8.60. The summed E-state index contributed by atoms with van der Waals surface area (Å²) in [5.41, 5.74) is 0. The Labute approximate surface area is 67.9 Å². The van der Waals surface area contributed by atoms with Crippen LogP contribution in [0.1, 0.15) is 19.8 Å². The van der Waals surface area contributed by atoms with Crippen LogP contribution in [0.4, 0.5) is 0 Å². The first-order valence-electron chi connectivity index (χ1n) is 2.41. The van der Waals surface area contributed by atoms with E-state index in [4.69, 9.17) is 0 Å². The van der Waals surface area contributed by atoms with Crippen molar-refractivity contribution in [1.82, 2.24) is 0 Å². The number of rotatable bonds is 2. The first-order chi connectivity index (χ1) is 2.41. The Morgan fingerprint density at radius 2 is 2.20 bits per heavy atom. The van der Waals surface area contributed by atoms with Gasteiger partial charge >= 0.3 is 69.2 Å². The molecule has 0 amide bonds. The van der Waals surface area contributed by atoms with Crippen LogP contribution in [0.2, 0.25) is 0.515 Å². The molecular weight excluding hydrogens is 87.1 g/mol. The second-order valence-electron chi connectivity index (χ2n) is 1.35. The van der Waals surface area contributed by atoms with E-state index in [0.717, 1.165) is 49.0 Å². The van der Waals surface area contributed by atoms with Crippen LogP contribution in [0.5, 0.6) is 0 Å². The van der Waals surface area contributed by atoms with Crippen molar-refractivity contribution >= 4 is 49.0 Å². The van der Waals surface area contributed by atoms with Crippen LogP contribution in [0.15, 0.2) is 0 Å². The van der Waals surface area contributed by atoms with Crippen LogP contribution in [0.25, 0.3) is 0 Å². The zero-order chi connectivity index (χ0) is 4.12. The molecular formula is C4H9K. The van der Waals surface area contributed by atoms with Crippen LogP contribution >= 0.6 is 0 Å². The fourth-order valence-electron chi connectivity index (χ4n) is 0.354. The topological polar surface area (TPSA) is 0 Å². The molecule has 0 rings (SSSR count). The van der Waals surface area contributed by atoms with Crippen molar-refractivity contribution in [3.05, 3.63) is 0 Å². The van der Waals surface area contributed by atoms with E-state index in [1.807, 2.05) is 0 Å². The predicted octanol–water partition coefficient (Wildman–Crippen LogP) is 1.37. The van der Waals surface area contributed by atoms with E-state index in [2.05, 4.69) is 6.92 Å². The molecule has 26 valence electrons. The molecule has 0 aliphatic carbocycles. The van der Waals surface area contributed by atoms with E-state index < -0.39 is 0 Å². The Balaban J connectivity index is 2.19. The molecule has 0 saturated heterocycles. The summed E-state index contributed by atoms with van der Waals surface area (Å²) >= 11 is 1.11. The summed E-state index contributed by atoms with van der Waals surface area (Å²) in [6, 6.07) is 0. The SMILES string of the molecule is CCC[CH2][K]. The third-order valence-electron chi connectivity index (χ3n) is 0.707. The number of hydrogen-bond acceptors (Lipinski definition) is 0. The fourth-order valence-corrected chi connectivity index (χ4v) is 1.46. The van der Waals surface area contributed by atoms with Crippen molar-refractivity contribution in [2.24, 2.45) is 0 Å². The predicted molar refractivity (Wildman–Crippen MR) is 25.5 cm³/mol. The summed E-state index contributed by atoms with van der Waals surface area (Å²) in [7, 11) is 0. The molecule has 0 aliphatic rings. The molecule has 0 nitrogen and oxygen atoms in total. The minimum atomic E-state index is 1.11. The van der Waals surface area contributed by atoms with E-state index in [1.165, 1.54) is 13.4 Å². The Hall–Kier alpha value is 1.64. The monoisotopic (exact) mass is 96.0 g/mol. The maximum atomic E-state index is 2.24. The summed E-state index contributed by atoms with van der Waals surface area (Å²) in [5.74, 6) is 0. The average Bonchev–Trinajstić information content (AvgIpc) is 1.41. The van der Waals surface area contributed by atoms with Gasteiger partial charge in [-0.25, -0.2) is 0 Å². The van der Waals surface area contributed by atoms with Crippen LogP contribution in [-0.4, -0.2) is 49.0 Å². The van der Waals surface area contributed by atoms with E-state index in [1.54, 1.807) is 0 Å². The molecule has 0 N–H and O–H groups in total. The zero-order valence-corrected chi connectivity index (χ0v) is 7.24. The minimum absolute atomic E-state index is 1.11. The molecule has 0 radical (unpaired) electrons. The number of unbranched alkanes of at least 4 members (excludes halogenated alkanes) is 1. The Bertz CT molecular complexity index is 11.1.